The van der Waals surface area contributed by atoms with Gasteiger partial charge in [0, 0.05) is 58.6 Å². The molecule has 2 aliphatic heterocycles. The molecule has 0 unspecified atom stereocenters. The van der Waals surface area contributed by atoms with Gasteiger partial charge in [0.15, 0.2) is 0 Å². The maximum Gasteiger partial charge on any atom is 0.243 e. The molecular weight excluding hydrogens is 438 g/mol. The highest BCUT2D eigenvalue weighted by Crippen LogP contribution is 2.32. The van der Waals surface area contributed by atoms with Crippen molar-refractivity contribution >= 4 is 27.3 Å². The van der Waals surface area contributed by atoms with E-state index in [1.165, 1.54) is 15.6 Å². The maximum atomic E-state index is 13.7. The van der Waals surface area contributed by atoms with Crippen LogP contribution >= 0.6 is 0 Å². The minimum absolute atomic E-state index is 0.0219. The highest BCUT2D eigenvalue weighted by Gasteiger charge is 2.28. The second kappa shape index (κ2) is 9.83. The summed E-state index contributed by atoms with van der Waals surface area (Å²) in [4.78, 5) is 16.2. The summed E-state index contributed by atoms with van der Waals surface area (Å²) in [5, 5.41) is 0. The van der Waals surface area contributed by atoms with E-state index in [1.54, 1.807) is 37.1 Å². The van der Waals surface area contributed by atoms with Crippen LogP contribution in [0.5, 0.6) is 0 Å². The van der Waals surface area contributed by atoms with Crippen molar-refractivity contribution in [3.05, 3.63) is 53.1 Å². The Labute approximate surface area is 197 Å². The summed E-state index contributed by atoms with van der Waals surface area (Å²) in [6.07, 6.45) is 3.70. The van der Waals surface area contributed by atoms with E-state index >= 15 is 0 Å². The van der Waals surface area contributed by atoms with E-state index in [2.05, 4.69) is 24.1 Å². The molecule has 2 heterocycles. The zero-order valence-electron chi connectivity index (χ0n) is 19.7. The van der Waals surface area contributed by atoms with Crippen LogP contribution in [-0.4, -0.2) is 59.0 Å². The van der Waals surface area contributed by atoms with Crippen LogP contribution in [0.1, 0.15) is 36.5 Å². The molecule has 2 aromatic rings. The molecule has 0 saturated heterocycles. The third-order valence-corrected chi connectivity index (χ3v) is 8.43. The van der Waals surface area contributed by atoms with Gasteiger partial charge in [-0.2, -0.15) is 4.31 Å². The first-order chi connectivity index (χ1) is 15.8. The van der Waals surface area contributed by atoms with Crippen LogP contribution in [0.4, 0.5) is 11.4 Å². The van der Waals surface area contributed by atoms with Crippen molar-refractivity contribution in [2.45, 2.75) is 44.0 Å². The fraction of sp³-hybridized carbons (Fsp3) is 0.480. The summed E-state index contributed by atoms with van der Waals surface area (Å²) in [7, 11) is -0.0635. The Bertz CT molecular complexity index is 1130. The molecule has 7 nitrogen and oxygen atoms in total. The predicted octanol–water partition coefficient (Wildman–Crippen LogP) is 3.21. The summed E-state index contributed by atoms with van der Waals surface area (Å²) in [5.41, 5.74) is 5.19. The summed E-state index contributed by atoms with van der Waals surface area (Å²) in [6.45, 7) is 4.13. The molecule has 0 bridgehead atoms. The van der Waals surface area contributed by atoms with Crippen LogP contribution < -0.4 is 9.80 Å². The van der Waals surface area contributed by atoms with E-state index in [4.69, 9.17) is 4.74 Å². The van der Waals surface area contributed by atoms with Crippen molar-refractivity contribution in [1.29, 1.82) is 0 Å². The van der Waals surface area contributed by atoms with E-state index in [0.29, 0.717) is 19.7 Å². The minimum Gasteiger partial charge on any atom is -0.383 e. The Morgan fingerprint density at radius 2 is 1.73 bits per heavy atom. The van der Waals surface area contributed by atoms with Crippen molar-refractivity contribution in [1.82, 2.24) is 4.31 Å². The summed E-state index contributed by atoms with van der Waals surface area (Å²) >= 11 is 0. The van der Waals surface area contributed by atoms with Crippen molar-refractivity contribution < 1.29 is 17.9 Å². The summed E-state index contributed by atoms with van der Waals surface area (Å²) < 4.78 is 34.1. The number of rotatable bonds is 7. The van der Waals surface area contributed by atoms with Crippen LogP contribution in [0, 0.1) is 0 Å². The molecule has 4 rings (SSSR count). The number of hydrogen-bond acceptors (Lipinski definition) is 5. The average molecular weight is 472 g/mol. The standard InChI is InChI=1S/C25H33N3O4S/c1-19(29)28-13-5-7-22-17-23(9-11-25(22)28)33(30,31)27(14-15-32-3)18-20-8-10-24-21(16-20)6-4-12-26(24)2/h8-11,16-17H,4-7,12-15,18H2,1-3H3. The fourth-order valence-electron chi connectivity index (χ4n) is 4.83. The van der Waals surface area contributed by atoms with Crippen LogP contribution in [0.25, 0.3) is 0 Å². The zero-order valence-corrected chi connectivity index (χ0v) is 20.5. The van der Waals surface area contributed by atoms with Crippen molar-refractivity contribution in [2.24, 2.45) is 0 Å². The third kappa shape index (κ3) is 4.93. The molecule has 2 aliphatic rings. The minimum atomic E-state index is -3.74. The number of aryl methyl sites for hydroxylation is 2. The number of methoxy groups -OCH3 is 1. The molecule has 178 valence electrons. The van der Waals surface area contributed by atoms with Crippen molar-refractivity contribution in [3.63, 3.8) is 0 Å². The lowest BCUT2D eigenvalue weighted by molar-refractivity contribution is -0.116. The zero-order chi connectivity index (χ0) is 23.6. The number of carbonyl (C=O) groups is 1. The van der Waals surface area contributed by atoms with Gasteiger partial charge in [0.25, 0.3) is 0 Å². The van der Waals surface area contributed by atoms with Gasteiger partial charge >= 0.3 is 0 Å². The summed E-state index contributed by atoms with van der Waals surface area (Å²) in [5.74, 6) is -0.0219. The van der Waals surface area contributed by atoms with Crippen LogP contribution in [0.2, 0.25) is 0 Å². The molecule has 8 heteroatoms. The lowest BCUT2D eigenvalue weighted by Gasteiger charge is -2.30. The molecule has 0 N–H and O–H groups in total. The second-order valence-electron chi connectivity index (χ2n) is 8.88. The molecule has 0 spiro atoms. The topological polar surface area (TPSA) is 70.2 Å². The van der Waals surface area contributed by atoms with E-state index < -0.39 is 10.0 Å². The van der Waals surface area contributed by atoms with E-state index in [9.17, 15) is 13.2 Å². The molecule has 0 aliphatic carbocycles. The molecule has 0 radical (unpaired) electrons. The van der Waals surface area contributed by atoms with Gasteiger partial charge in [0.05, 0.1) is 11.5 Å². The lowest BCUT2D eigenvalue weighted by Crippen LogP contribution is -2.35. The van der Waals surface area contributed by atoms with Gasteiger partial charge in [-0.1, -0.05) is 12.1 Å². The Morgan fingerprint density at radius 3 is 2.45 bits per heavy atom. The molecule has 1 amide bonds. The Balaban J connectivity index is 1.63. The number of fused-ring (bicyclic) bond motifs is 2. The first-order valence-electron chi connectivity index (χ1n) is 11.5. The van der Waals surface area contributed by atoms with Crippen LogP contribution in [0.3, 0.4) is 0 Å². The van der Waals surface area contributed by atoms with Crippen molar-refractivity contribution in [3.8, 4) is 0 Å². The summed E-state index contributed by atoms with van der Waals surface area (Å²) in [6, 6.07) is 11.4. The van der Waals surface area contributed by atoms with Gasteiger partial charge < -0.3 is 14.5 Å². The van der Waals surface area contributed by atoms with E-state index in [-0.39, 0.29) is 17.3 Å². The SMILES string of the molecule is COCCN(Cc1ccc2c(c1)CCCN2C)S(=O)(=O)c1ccc2c(c1)CCCN2C(C)=O. The largest absolute Gasteiger partial charge is 0.383 e. The second-order valence-corrected chi connectivity index (χ2v) is 10.8. The Morgan fingerprint density at radius 1 is 1.03 bits per heavy atom. The van der Waals surface area contributed by atoms with E-state index in [0.717, 1.165) is 49.0 Å². The van der Waals surface area contributed by atoms with Crippen LogP contribution in [-0.2, 0) is 38.9 Å². The number of anilines is 2. The lowest BCUT2D eigenvalue weighted by atomic mass is 9.99. The Hall–Kier alpha value is -2.42. The molecule has 0 aromatic heterocycles. The van der Waals surface area contributed by atoms with Gasteiger partial charge in [0.1, 0.15) is 0 Å². The average Bonchev–Trinajstić information content (AvgIpc) is 2.80. The molecule has 2 aromatic carbocycles. The fourth-order valence-corrected chi connectivity index (χ4v) is 6.29. The smallest absolute Gasteiger partial charge is 0.243 e. The quantitative estimate of drug-likeness (QED) is 0.620. The number of sulfonamides is 1. The van der Waals surface area contributed by atoms with Crippen molar-refractivity contribution in [2.75, 3.05) is 50.2 Å². The first-order valence-corrected chi connectivity index (χ1v) is 13.0. The molecule has 0 atom stereocenters. The number of benzene rings is 2. The number of amides is 1. The predicted molar refractivity (Wildman–Crippen MR) is 130 cm³/mol. The Kier molecular flexibility index (Phi) is 7.07. The highest BCUT2D eigenvalue weighted by molar-refractivity contribution is 7.89. The van der Waals surface area contributed by atoms with Crippen LogP contribution in [0.15, 0.2) is 41.3 Å². The number of hydrogen-bond donors (Lipinski definition) is 0. The third-order valence-electron chi connectivity index (χ3n) is 6.59. The highest BCUT2D eigenvalue weighted by atomic mass is 32.2. The normalized spacial score (nSPS) is 16.0. The molecule has 33 heavy (non-hydrogen) atoms. The van der Waals surface area contributed by atoms with Gasteiger partial charge in [-0.25, -0.2) is 8.42 Å². The number of ether oxygens (including phenoxy) is 1. The maximum absolute atomic E-state index is 13.7. The van der Waals surface area contributed by atoms with Gasteiger partial charge in [-0.05, 0) is 66.6 Å². The first kappa shape index (κ1) is 23.7. The van der Waals surface area contributed by atoms with E-state index in [1.807, 2.05) is 6.07 Å². The number of carbonyl (C=O) groups excluding carboxylic acids is 1. The van der Waals surface area contributed by atoms with Gasteiger partial charge in [-0.15, -0.1) is 0 Å². The van der Waals surface area contributed by atoms with Gasteiger partial charge in [-0.3, -0.25) is 4.79 Å². The molecular formula is C25H33N3O4S. The monoisotopic (exact) mass is 471 g/mol. The van der Waals surface area contributed by atoms with Gasteiger partial charge in [0.2, 0.25) is 15.9 Å². The number of nitrogens with zero attached hydrogens (tertiary/aromatic N) is 3. The molecule has 0 saturated carbocycles. The molecule has 0 fully saturated rings.